The third kappa shape index (κ3) is 4.54. The fourth-order valence-corrected chi connectivity index (χ4v) is 3.34. The van der Waals surface area contributed by atoms with Crippen LogP contribution in [-0.2, 0) is 11.3 Å². The molecular weight excluding hydrogens is 288 g/mol. The fourth-order valence-electron chi connectivity index (χ4n) is 2.55. The van der Waals surface area contributed by atoms with E-state index in [1.165, 1.54) is 11.3 Å². The molecule has 0 atom stereocenters. The van der Waals surface area contributed by atoms with Crippen molar-refractivity contribution in [3.63, 3.8) is 0 Å². The number of hydrogen-bond acceptors (Lipinski definition) is 4. The van der Waals surface area contributed by atoms with Crippen LogP contribution in [0.25, 0.3) is 0 Å². The molecule has 0 aliphatic carbocycles. The summed E-state index contributed by atoms with van der Waals surface area (Å²) in [7, 11) is 0. The van der Waals surface area contributed by atoms with E-state index in [0.717, 1.165) is 30.6 Å². The molecule has 1 aromatic heterocycles. The van der Waals surface area contributed by atoms with E-state index in [1.807, 2.05) is 13.8 Å². The molecule has 0 aliphatic rings. The first-order chi connectivity index (χ1) is 9.99. The molecule has 0 fully saturated rings. The Hall–Kier alpha value is -1.40. The second-order valence-electron chi connectivity index (χ2n) is 5.24. The van der Waals surface area contributed by atoms with E-state index in [9.17, 15) is 9.59 Å². The Kier molecular flexibility index (Phi) is 6.84. The van der Waals surface area contributed by atoms with Gasteiger partial charge >= 0.3 is 5.97 Å². The molecule has 0 radical (unpaired) electrons. The molecule has 0 spiro atoms. The predicted octanol–water partition coefficient (Wildman–Crippen LogP) is 2.61. The lowest BCUT2D eigenvalue weighted by Crippen LogP contribution is -2.45. The second-order valence-corrected chi connectivity index (χ2v) is 6.41. The minimum atomic E-state index is -0.939. The summed E-state index contributed by atoms with van der Waals surface area (Å²) in [5, 5.41) is 11.8. The van der Waals surface area contributed by atoms with Gasteiger partial charge in [-0.3, -0.25) is 4.79 Å². The molecule has 0 unspecified atom stereocenters. The maximum atomic E-state index is 12.5. The van der Waals surface area contributed by atoms with Crippen molar-refractivity contribution in [1.82, 2.24) is 5.32 Å². The van der Waals surface area contributed by atoms with Crippen LogP contribution >= 0.6 is 11.3 Å². The summed E-state index contributed by atoms with van der Waals surface area (Å²) in [6.45, 7) is 4.79. The van der Waals surface area contributed by atoms with Gasteiger partial charge in [0.2, 0.25) is 5.91 Å². The molecular formula is C15H24N2O3S. The summed E-state index contributed by atoms with van der Waals surface area (Å²) in [6, 6.07) is 3.29. The largest absolute Gasteiger partial charge is 0.477 e. The first-order valence-corrected chi connectivity index (χ1v) is 8.11. The van der Waals surface area contributed by atoms with Crippen molar-refractivity contribution < 1.29 is 14.7 Å². The van der Waals surface area contributed by atoms with E-state index < -0.39 is 11.4 Å². The highest BCUT2D eigenvalue weighted by molar-refractivity contribution is 7.13. The van der Waals surface area contributed by atoms with E-state index >= 15 is 0 Å². The van der Waals surface area contributed by atoms with E-state index in [2.05, 4.69) is 5.32 Å². The van der Waals surface area contributed by atoms with Gasteiger partial charge in [-0.15, -0.1) is 11.3 Å². The quantitative estimate of drug-likeness (QED) is 0.653. The standard InChI is InChI=1S/C15H24N2O3S/c1-3-7-15(10-16,8-4-2)14(20)17-9-11-5-6-12(21-11)13(18)19/h5-6H,3-4,7-10,16H2,1-2H3,(H,17,20)(H,18,19). The number of hydrogen-bond donors (Lipinski definition) is 3. The zero-order chi connectivity index (χ0) is 15.9. The van der Waals surface area contributed by atoms with Crippen LogP contribution in [0, 0.1) is 5.41 Å². The predicted molar refractivity (Wildman–Crippen MR) is 84.4 cm³/mol. The van der Waals surface area contributed by atoms with Crippen LogP contribution in [0.1, 0.15) is 54.1 Å². The summed E-state index contributed by atoms with van der Waals surface area (Å²) < 4.78 is 0. The van der Waals surface area contributed by atoms with Gasteiger partial charge in [0.25, 0.3) is 0 Å². The molecule has 0 aromatic carbocycles. The molecule has 1 heterocycles. The van der Waals surface area contributed by atoms with Crippen LogP contribution in [-0.4, -0.2) is 23.5 Å². The highest BCUT2D eigenvalue weighted by atomic mass is 32.1. The molecule has 1 amide bonds. The van der Waals surface area contributed by atoms with Gasteiger partial charge in [0.1, 0.15) is 4.88 Å². The maximum absolute atomic E-state index is 12.5. The van der Waals surface area contributed by atoms with Gasteiger partial charge in [0, 0.05) is 11.4 Å². The lowest BCUT2D eigenvalue weighted by molar-refractivity contribution is -0.131. The Bertz CT molecular complexity index is 479. The topological polar surface area (TPSA) is 92.4 Å². The number of thiophene rings is 1. The average Bonchev–Trinajstić information content (AvgIpc) is 2.93. The van der Waals surface area contributed by atoms with Crippen LogP contribution in [0.4, 0.5) is 0 Å². The van der Waals surface area contributed by atoms with Crippen LogP contribution in [0.3, 0.4) is 0 Å². The van der Waals surface area contributed by atoms with Crippen LogP contribution < -0.4 is 11.1 Å². The van der Waals surface area contributed by atoms with Crippen molar-refractivity contribution in [2.45, 2.75) is 46.1 Å². The second kappa shape index (κ2) is 8.14. The van der Waals surface area contributed by atoms with Crippen molar-refractivity contribution in [2.24, 2.45) is 11.1 Å². The van der Waals surface area contributed by atoms with Crippen molar-refractivity contribution >= 4 is 23.2 Å². The van der Waals surface area contributed by atoms with Crippen molar-refractivity contribution in [3.8, 4) is 0 Å². The lowest BCUT2D eigenvalue weighted by atomic mass is 9.78. The zero-order valence-corrected chi connectivity index (χ0v) is 13.5. The third-order valence-electron chi connectivity index (χ3n) is 3.63. The summed E-state index contributed by atoms with van der Waals surface area (Å²) in [5.41, 5.74) is 5.35. The van der Waals surface area contributed by atoms with Crippen LogP contribution in [0.5, 0.6) is 0 Å². The number of carboxylic acids is 1. The SMILES string of the molecule is CCCC(CN)(CCC)C(=O)NCc1ccc(C(=O)O)s1. The summed E-state index contributed by atoms with van der Waals surface area (Å²) >= 11 is 1.18. The van der Waals surface area contributed by atoms with Crippen LogP contribution in [0.15, 0.2) is 12.1 Å². The van der Waals surface area contributed by atoms with Gasteiger partial charge in [0.05, 0.1) is 12.0 Å². The number of carbonyl (C=O) groups is 2. The maximum Gasteiger partial charge on any atom is 0.345 e. The van der Waals surface area contributed by atoms with Crippen molar-refractivity contribution in [2.75, 3.05) is 6.54 Å². The summed E-state index contributed by atoms with van der Waals surface area (Å²) in [6.07, 6.45) is 3.36. The van der Waals surface area contributed by atoms with E-state index in [-0.39, 0.29) is 10.8 Å². The first kappa shape index (κ1) is 17.7. The van der Waals surface area contributed by atoms with Gasteiger partial charge in [-0.05, 0) is 25.0 Å². The minimum absolute atomic E-state index is 0.0287. The Morgan fingerprint density at radius 2 is 1.90 bits per heavy atom. The Labute approximate surface area is 129 Å². The number of amides is 1. The number of carbonyl (C=O) groups excluding carboxylic acids is 1. The smallest absolute Gasteiger partial charge is 0.345 e. The third-order valence-corrected chi connectivity index (χ3v) is 4.70. The Morgan fingerprint density at radius 1 is 1.29 bits per heavy atom. The summed E-state index contributed by atoms with van der Waals surface area (Å²) in [4.78, 5) is 24.4. The number of nitrogens with one attached hydrogen (secondary N) is 1. The Morgan fingerprint density at radius 3 is 2.33 bits per heavy atom. The highest BCUT2D eigenvalue weighted by Crippen LogP contribution is 2.29. The average molecular weight is 312 g/mol. The first-order valence-electron chi connectivity index (χ1n) is 7.29. The monoisotopic (exact) mass is 312 g/mol. The van der Waals surface area contributed by atoms with Crippen LogP contribution in [0.2, 0.25) is 0 Å². The molecule has 0 saturated heterocycles. The normalized spacial score (nSPS) is 11.4. The lowest BCUT2D eigenvalue weighted by Gasteiger charge is -2.30. The number of carboxylic acid groups (broad SMARTS) is 1. The molecule has 5 nitrogen and oxygen atoms in total. The molecule has 0 saturated carbocycles. The van der Waals surface area contributed by atoms with Gasteiger partial charge in [-0.1, -0.05) is 26.7 Å². The molecule has 6 heteroatoms. The van der Waals surface area contributed by atoms with E-state index in [4.69, 9.17) is 10.8 Å². The molecule has 4 N–H and O–H groups in total. The zero-order valence-electron chi connectivity index (χ0n) is 12.6. The van der Waals surface area contributed by atoms with E-state index in [0.29, 0.717) is 13.1 Å². The number of rotatable bonds is 9. The molecule has 1 rings (SSSR count). The van der Waals surface area contributed by atoms with Gasteiger partial charge in [-0.25, -0.2) is 4.79 Å². The van der Waals surface area contributed by atoms with Gasteiger partial charge in [0.15, 0.2) is 0 Å². The molecule has 1 aromatic rings. The number of aromatic carboxylic acids is 1. The van der Waals surface area contributed by atoms with Gasteiger partial charge in [-0.2, -0.15) is 0 Å². The Balaban J connectivity index is 2.70. The number of nitrogens with two attached hydrogens (primary N) is 1. The van der Waals surface area contributed by atoms with Gasteiger partial charge < -0.3 is 16.2 Å². The highest BCUT2D eigenvalue weighted by Gasteiger charge is 2.34. The molecule has 118 valence electrons. The van der Waals surface area contributed by atoms with Crippen molar-refractivity contribution in [1.29, 1.82) is 0 Å². The molecule has 0 bridgehead atoms. The van der Waals surface area contributed by atoms with Crippen molar-refractivity contribution in [3.05, 3.63) is 21.9 Å². The molecule has 0 aliphatic heterocycles. The minimum Gasteiger partial charge on any atom is -0.477 e. The van der Waals surface area contributed by atoms with E-state index in [1.54, 1.807) is 12.1 Å². The molecule has 21 heavy (non-hydrogen) atoms. The fraction of sp³-hybridized carbons (Fsp3) is 0.600. The summed E-state index contributed by atoms with van der Waals surface area (Å²) in [5.74, 6) is -0.968.